The molecule has 0 saturated carbocycles. The first-order valence-corrected chi connectivity index (χ1v) is 8.48. The van der Waals surface area contributed by atoms with Gasteiger partial charge < -0.3 is 14.7 Å². The average Bonchev–Trinajstić information content (AvgIpc) is 2.91. The minimum Gasteiger partial charge on any atom is -0.476 e. The van der Waals surface area contributed by atoms with Gasteiger partial charge in [-0.05, 0) is 26.7 Å². The maximum atomic E-state index is 12.4. The third-order valence-electron chi connectivity index (χ3n) is 3.30. The van der Waals surface area contributed by atoms with Crippen LogP contribution < -0.4 is 0 Å². The van der Waals surface area contributed by atoms with Crippen molar-refractivity contribution in [3.05, 3.63) is 16.1 Å². The lowest BCUT2D eigenvalue weighted by atomic mass is 9.97. The van der Waals surface area contributed by atoms with Gasteiger partial charge in [0, 0.05) is 24.9 Å². The zero-order valence-corrected chi connectivity index (χ0v) is 15.6. The molecule has 1 N–H and O–H groups in total. The maximum Gasteiger partial charge on any atom is 0.410 e. The molecular weight excluding hydrogens is 332 g/mol. The van der Waals surface area contributed by atoms with Crippen LogP contribution in [0.25, 0.3) is 0 Å². The number of hydrogen-bond acceptors (Lipinski definition) is 6. The Bertz CT molecular complexity index is 618. The number of hydrogen-bond donors (Lipinski definition) is 1. The minimum absolute atomic E-state index is 0.0189. The van der Waals surface area contributed by atoms with E-state index in [9.17, 15) is 14.4 Å². The summed E-state index contributed by atoms with van der Waals surface area (Å²) in [5.41, 5.74) is -0.771. The molecule has 1 aromatic rings. The van der Waals surface area contributed by atoms with Crippen LogP contribution in [0.15, 0.2) is 5.38 Å². The van der Waals surface area contributed by atoms with Crippen molar-refractivity contribution >= 4 is 29.2 Å². The molecule has 1 rings (SSSR count). The summed E-state index contributed by atoms with van der Waals surface area (Å²) in [6.45, 7) is 9.14. The number of nitrogens with zero attached hydrogens (tertiary/aromatic N) is 2. The first-order valence-electron chi connectivity index (χ1n) is 7.60. The van der Waals surface area contributed by atoms with Crippen molar-refractivity contribution in [3.8, 4) is 0 Å². The van der Waals surface area contributed by atoms with Crippen LogP contribution in [0.4, 0.5) is 4.79 Å². The third kappa shape index (κ3) is 5.59. The number of amides is 1. The predicted octanol–water partition coefficient (Wildman–Crippen LogP) is 3.31. The van der Waals surface area contributed by atoms with Crippen LogP contribution in [-0.4, -0.2) is 51.5 Å². The second-order valence-corrected chi connectivity index (χ2v) is 7.73. The zero-order chi connectivity index (χ0) is 18.7. The number of aromatic carboxylic acids is 1. The molecule has 0 aliphatic rings. The van der Waals surface area contributed by atoms with E-state index in [1.807, 2.05) is 13.8 Å². The van der Waals surface area contributed by atoms with E-state index in [-0.39, 0.29) is 34.9 Å². The Morgan fingerprint density at radius 2 is 1.92 bits per heavy atom. The van der Waals surface area contributed by atoms with Gasteiger partial charge in [0.05, 0.1) is 0 Å². The van der Waals surface area contributed by atoms with Crippen molar-refractivity contribution in [1.82, 2.24) is 9.88 Å². The fourth-order valence-electron chi connectivity index (χ4n) is 2.07. The molecule has 8 heteroatoms. The number of ether oxygens (including phenoxy) is 1. The van der Waals surface area contributed by atoms with E-state index < -0.39 is 17.7 Å². The molecule has 0 unspecified atom stereocenters. The molecule has 1 aromatic heterocycles. The van der Waals surface area contributed by atoms with Gasteiger partial charge >= 0.3 is 12.1 Å². The molecule has 0 aliphatic carbocycles. The number of thiazole rings is 1. The molecule has 0 bridgehead atoms. The van der Waals surface area contributed by atoms with E-state index in [1.54, 1.807) is 27.8 Å². The van der Waals surface area contributed by atoms with E-state index in [1.165, 1.54) is 10.3 Å². The molecule has 7 nitrogen and oxygen atoms in total. The zero-order valence-electron chi connectivity index (χ0n) is 14.8. The monoisotopic (exact) mass is 356 g/mol. The van der Waals surface area contributed by atoms with E-state index in [4.69, 9.17) is 9.84 Å². The SMILES string of the molecule is CC(C)[C@@H](CC(=O)c1nc(C(=O)O)cs1)N(C)C(=O)OC(C)(C)C. The van der Waals surface area contributed by atoms with Gasteiger partial charge in [-0.2, -0.15) is 0 Å². The normalized spacial score (nSPS) is 12.8. The summed E-state index contributed by atoms with van der Waals surface area (Å²) in [7, 11) is 1.59. The number of carbonyl (C=O) groups is 3. The van der Waals surface area contributed by atoms with Crippen molar-refractivity contribution in [3.63, 3.8) is 0 Å². The van der Waals surface area contributed by atoms with Crippen LogP contribution in [0.1, 0.15) is 61.3 Å². The molecular formula is C16H24N2O5S. The van der Waals surface area contributed by atoms with Crippen LogP contribution in [0.3, 0.4) is 0 Å². The molecule has 0 saturated heterocycles. The summed E-state index contributed by atoms with van der Waals surface area (Å²) in [6, 6.07) is -0.371. The van der Waals surface area contributed by atoms with Crippen LogP contribution in [0, 0.1) is 5.92 Å². The second-order valence-electron chi connectivity index (χ2n) is 6.87. The Morgan fingerprint density at radius 1 is 1.33 bits per heavy atom. The number of Topliss-reactive ketones (excluding diaryl/α,β-unsaturated/α-hetero) is 1. The van der Waals surface area contributed by atoms with Gasteiger partial charge in [-0.1, -0.05) is 13.8 Å². The van der Waals surface area contributed by atoms with Crippen molar-refractivity contribution in [1.29, 1.82) is 0 Å². The Kier molecular flexibility index (Phi) is 6.48. The highest BCUT2D eigenvalue weighted by molar-refractivity contribution is 7.11. The Balaban J connectivity index is 2.86. The minimum atomic E-state index is -1.17. The summed E-state index contributed by atoms with van der Waals surface area (Å²) >= 11 is 0.994. The second kappa shape index (κ2) is 7.74. The Morgan fingerprint density at radius 3 is 2.33 bits per heavy atom. The summed E-state index contributed by atoms with van der Waals surface area (Å²) in [5.74, 6) is -1.44. The molecule has 1 atom stereocenters. The number of carboxylic acid groups (broad SMARTS) is 1. The van der Waals surface area contributed by atoms with Crippen LogP contribution >= 0.6 is 11.3 Å². The molecule has 0 spiro atoms. The van der Waals surface area contributed by atoms with Crippen LogP contribution in [0.5, 0.6) is 0 Å². The summed E-state index contributed by atoms with van der Waals surface area (Å²) in [5, 5.41) is 10.3. The van der Waals surface area contributed by atoms with Crippen LogP contribution in [0.2, 0.25) is 0 Å². The fraction of sp³-hybridized carbons (Fsp3) is 0.625. The van der Waals surface area contributed by atoms with Gasteiger partial charge in [0.25, 0.3) is 0 Å². The topological polar surface area (TPSA) is 96.8 Å². The smallest absolute Gasteiger partial charge is 0.410 e. The van der Waals surface area contributed by atoms with Gasteiger partial charge in [-0.15, -0.1) is 11.3 Å². The predicted molar refractivity (Wildman–Crippen MR) is 90.6 cm³/mol. The van der Waals surface area contributed by atoms with E-state index >= 15 is 0 Å². The van der Waals surface area contributed by atoms with Gasteiger partial charge in [0.2, 0.25) is 0 Å². The molecule has 0 fully saturated rings. The third-order valence-corrected chi connectivity index (χ3v) is 4.19. The summed E-state index contributed by atoms with van der Waals surface area (Å²) < 4.78 is 5.34. The van der Waals surface area contributed by atoms with Gasteiger partial charge in [0.1, 0.15) is 5.60 Å². The van der Waals surface area contributed by atoms with E-state index in [2.05, 4.69) is 4.98 Å². The standard InChI is InChI=1S/C16H24N2O5S/c1-9(2)11(18(6)15(22)23-16(3,4)5)7-12(19)13-17-10(8-24-13)14(20)21/h8-9,11H,7H2,1-6H3,(H,20,21)/t11-/m1/s1. The van der Waals surface area contributed by atoms with Gasteiger partial charge in [0.15, 0.2) is 16.5 Å². The van der Waals surface area contributed by atoms with Crippen molar-refractivity contribution in [2.75, 3.05) is 7.05 Å². The lowest BCUT2D eigenvalue weighted by Crippen LogP contribution is -2.44. The van der Waals surface area contributed by atoms with Crippen LogP contribution in [-0.2, 0) is 4.74 Å². The first-order chi connectivity index (χ1) is 10.9. The quantitative estimate of drug-likeness (QED) is 0.786. The van der Waals surface area contributed by atoms with Crippen molar-refractivity contribution < 1.29 is 24.2 Å². The number of carbonyl (C=O) groups excluding carboxylic acids is 2. The lowest BCUT2D eigenvalue weighted by molar-refractivity contribution is 0.0173. The molecule has 0 radical (unpaired) electrons. The number of rotatable bonds is 6. The molecule has 0 aromatic carbocycles. The maximum absolute atomic E-state index is 12.4. The Labute approximate surface area is 145 Å². The first kappa shape index (κ1) is 20.1. The summed E-state index contributed by atoms with van der Waals surface area (Å²) in [6.07, 6.45) is -0.445. The highest BCUT2D eigenvalue weighted by atomic mass is 32.1. The highest BCUT2D eigenvalue weighted by Gasteiger charge is 2.30. The van der Waals surface area contributed by atoms with Crippen molar-refractivity contribution in [2.45, 2.75) is 52.7 Å². The Hall–Kier alpha value is -1.96. The lowest BCUT2D eigenvalue weighted by Gasteiger charge is -2.32. The molecule has 134 valence electrons. The largest absolute Gasteiger partial charge is 0.476 e. The number of ketones is 1. The van der Waals surface area contributed by atoms with Gasteiger partial charge in [-0.3, -0.25) is 4.79 Å². The fourth-order valence-corrected chi connectivity index (χ4v) is 2.81. The van der Waals surface area contributed by atoms with E-state index in [0.717, 1.165) is 11.3 Å². The van der Waals surface area contributed by atoms with E-state index in [0.29, 0.717) is 0 Å². The summed E-state index contributed by atoms with van der Waals surface area (Å²) in [4.78, 5) is 40.7. The molecule has 1 amide bonds. The molecule has 24 heavy (non-hydrogen) atoms. The molecule has 1 heterocycles. The molecule has 0 aliphatic heterocycles. The van der Waals surface area contributed by atoms with Crippen molar-refractivity contribution in [2.24, 2.45) is 5.92 Å². The number of aromatic nitrogens is 1. The highest BCUT2D eigenvalue weighted by Crippen LogP contribution is 2.21. The average molecular weight is 356 g/mol. The van der Waals surface area contributed by atoms with Gasteiger partial charge in [-0.25, -0.2) is 14.6 Å². The number of carboxylic acids is 1.